The van der Waals surface area contributed by atoms with Gasteiger partial charge in [0.05, 0.1) is 19.3 Å². The zero-order valence-corrected chi connectivity index (χ0v) is 13.6. The molecule has 0 aliphatic carbocycles. The molecule has 1 aromatic rings. The minimum absolute atomic E-state index is 0.104. The molecule has 1 saturated heterocycles. The fourth-order valence-corrected chi connectivity index (χ4v) is 2.87. The molecule has 0 aromatic carbocycles. The molecule has 6 nitrogen and oxygen atoms in total. The van der Waals surface area contributed by atoms with Gasteiger partial charge in [-0.2, -0.15) is 0 Å². The van der Waals surface area contributed by atoms with E-state index in [0.29, 0.717) is 5.69 Å². The van der Waals surface area contributed by atoms with E-state index < -0.39 is 17.4 Å². The number of hydrogen-bond acceptors (Lipinski definition) is 3. The van der Waals surface area contributed by atoms with Crippen molar-refractivity contribution in [1.29, 1.82) is 0 Å². The molecular weight excluding hydrogens is 340 g/mol. The summed E-state index contributed by atoms with van der Waals surface area (Å²) in [5.74, 6) is -1.24. The minimum Gasteiger partial charge on any atom is -0.481 e. The summed E-state index contributed by atoms with van der Waals surface area (Å²) in [6, 6.07) is 1.20. The zero-order chi connectivity index (χ0) is 15.6. The number of ether oxygens (including phenoxy) is 1. The minimum atomic E-state index is -1.09. The van der Waals surface area contributed by atoms with E-state index in [1.54, 1.807) is 13.0 Å². The number of carboxylic acid groups (broad SMARTS) is 1. The Bertz CT molecular complexity index is 557. The number of halogens is 1. The maximum Gasteiger partial charge on any atom is 0.313 e. The number of aryl methyl sites for hydroxylation is 1. The van der Waals surface area contributed by atoms with Gasteiger partial charge in [-0.3, -0.25) is 9.59 Å². The summed E-state index contributed by atoms with van der Waals surface area (Å²) in [6.45, 7) is 4.67. The smallest absolute Gasteiger partial charge is 0.313 e. The lowest BCUT2D eigenvalue weighted by atomic mass is 9.85. The molecule has 1 amide bonds. The molecule has 2 N–H and O–H groups in total. The molecule has 0 saturated carbocycles. The Morgan fingerprint density at radius 2 is 2.33 bits per heavy atom. The van der Waals surface area contributed by atoms with Crippen molar-refractivity contribution in [2.75, 3.05) is 13.2 Å². The second kappa shape index (κ2) is 6.19. The number of amides is 1. The average Bonchev–Trinajstić information content (AvgIpc) is 2.95. The van der Waals surface area contributed by atoms with Gasteiger partial charge < -0.3 is 19.7 Å². The van der Waals surface area contributed by atoms with Crippen LogP contribution in [-0.2, 0) is 16.1 Å². The van der Waals surface area contributed by atoms with Gasteiger partial charge in [0.2, 0.25) is 0 Å². The summed E-state index contributed by atoms with van der Waals surface area (Å²) in [4.78, 5) is 23.8. The van der Waals surface area contributed by atoms with E-state index in [1.807, 2.05) is 17.7 Å². The zero-order valence-electron chi connectivity index (χ0n) is 12.1. The molecule has 2 heterocycles. The molecule has 0 radical (unpaired) electrons. The van der Waals surface area contributed by atoms with Crippen molar-refractivity contribution in [1.82, 2.24) is 9.88 Å². The van der Waals surface area contributed by atoms with Crippen molar-refractivity contribution < 1.29 is 19.4 Å². The summed E-state index contributed by atoms with van der Waals surface area (Å²) in [5.41, 5.74) is -0.571. The molecule has 1 aromatic heterocycles. The van der Waals surface area contributed by atoms with Gasteiger partial charge in [-0.15, -0.1) is 0 Å². The first kappa shape index (κ1) is 16.0. The lowest BCUT2D eigenvalue weighted by Gasteiger charge is -2.25. The van der Waals surface area contributed by atoms with Gasteiger partial charge in [-0.05, 0) is 35.3 Å². The van der Waals surface area contributed by atoms with Crippen LogP contribution in [0.15, 0.2) is 16.7 Å². The van der Waals surface area contributed by atoms with Crippen LogP contribution in [0.2, 0.25) is 0 Å². The molecule has 0 spiro atoms. The van der Waals surface area contributed by atoms with Crippen LogP contribution in [0.1, 0.15) is 30.8 Å². The SMILES string of the molecule is CCCn1cc(Br)cc1C(=O)NC1COCC1(C)C(=O)O. The number of rotatable bonds is 5. The first-order valence-corrected chi connectivity index (χ1v) is 7.65. The van der Waals surface area contributed by atoms with E-state index in [4.69, 9.17) is 4.74 Å². The highest BCUT2D eigenvalue weighted by atomic mass is 79.9. The second-order valence-corrected chi connectivity index (χ2v) is 6.42. The average molecular weight is 359 g/mol. The number of aliphatic carboxylic acids is 1. The Morgan fingerprint density at radius 1 is 1.62 bits per heavy atom. The van der Waals surface area contributed by atoms with Crippen LogP contribution in [0.3, 0.4) is 0 Å². The summed E-state index contributed by atoms with van der Waals surface area (Å²) >= 11 is 3.36. The lowest BCUT2D eigenvalue weighted by molar-refractivity contribution is -0.148. The number of aromatic nitrogens is 1. The number of carboxylic acids is 1. The van der Waals surface area contributed by atoms with Gasteiger partial charge in [0.15, 0.2) is 0 Å². The Hall–Kier alpha value is -1.34. The number of hydrogen-bond donors (Lipinski definition) is 2. The number of nitrogens with one attached hydrogen (secondary N) is 1. The standard InChI is InChI=1S/C14H19BrN2O4/c1-3-4-17-6-9(15)5-10(17)12(18)16-11-7-21-8-14(11,2)13(19)20/h5-6,11H,3-4,7-8H2,1-2H3,(H,16,18)(H,19,20). The predicted molar refractivity (Wildman–Crippen MR) is 80.2 cm³/mol. The highest BCUT2D eigenvalue weighted by molar-refractivity contribution is 9.10. The molecule has 116 valence electrons. The van der Waals surface area contributed by atoms with Crippen LogP contribution in [0, 0.1) is 5.41 Å². The van der Waals surface area contributed by atoms with Gasteiger partial charge in [-0.1, -0.05) is 6.92 Å². The van der Waals surface area contributed by atoms with Crippen LogP contribution in [0.4, 0.5) is 0 Å². The van der Waals surface area contributed by atoms with Crippen LogP contribution < -0.4 is 5.32 Å². The molecule has 0 bridgehead atoms. The van der Waals surface area contributed by atoms with E-state index in [1.165, 1.54) is 0 Å². The third-order valence-corrected chi connectivity index (χ3v) is 4.24. The number of carbonyl (C=O) groups excluding carboxylic acids is 1. The van der Waals surface area contributed by atoms with Gasteiger partial charge in [0.25, 0.3) is 5.91 Å². The molecule has 2 rings (SSSR count). The van der Waals surface area contributed by atoms with Gasteiger partial charge in [0.1, 0.15) is 11.1 Å². The maximum atomic E-state index is 12.4. The topological polar surface area (TPSA) is 80.6 Å². The van der Waals surface area contributed by atoms with E-state index in [2.05, 4.69) is 21.2 Å². The summed E-state index contributed by atoms with van der Waals surface area (Å²) in [7, 11) is 0. The van der Waals surface area contributed by atoms with Crippen molar-refractivity contribution in [2.24, 2.45) is 5.41 Å². The third kappa shape index (κ3) is 3.13. The molecular formula is C14H19BrN2O4. The third-order valence-electron chi connectivity index (χ3n) is 3.81. The molecule has 7 heteroatoms. The van der Waals surface area contributed by atoms with Crippen molar-refractivity contribution in [3.05, 3.63) is 22.4 Å². The molecule has 2 atom stereocenters. The Morgan fingerprint density at radius 3 is 2.95 bits per heavy atom. The van der Waals surface area contributed by atoms with E-state index in [0.717, 1.165) is 17.4 Å². The van der Waals surface area contributed by atoms with E-state index >= 15 is 0 Å². The van der Waals surface area contributed by atoms with Gasteiger partial charge in [-0.25, -0.2) is 0 Å². The monoisotopic (exact) mass is 358 g/mol. The predicted octanol–water partition coefficient (Wildman–Crippen LogP) is 1.88. The maximum absolute atomic E-state index is 12.4. The van der Waals surface area contributed by atoms with Crippen LogP contribution in [0.5, 0.6) is 0 Å². The normalized spacial score (nSPS) is 25.0. The fraction of sp³-hybridized carbons (Fsp3) is 0.571. The van der Waals surface area contributed by atoms with Crippen molar-refractivity contribution >= 4 is 27.8 Å². The quantitative estimate of drug-likeness (QED) is 0.841. The van der Waals surface area contributed by atoms with Crippen molar-refractivity contribution in [2.45, 2.75) is 32.9 Å². The first-order chi connectivity index (χ1) is 9.88. The largest absolute Gasteiger partial charge is 0.481 e. The van der Waals surface area contributed by atoms with E-state index in [9.17, 15) is 14.7 Å². The summed E-state index contributed by atoms with van der Waals surface area (Å²) in [6.07, 6.45) is 2.75. The molecule has 2 unspecified atom stereocenters. The van der Waals surface area contributed by atoms with Crippen molar-refractivity contribution in [3.8, 4) is 0 Å². The second-order valence-electron chi connectivity index (χ2n) is 5.50. The van der Waals surface area contributed by atoms with Crippen LogP contribution >= 0.6 is 15.9 Å². The lowest BCUT2D eigenvalue weighted by Crippen LogP contribution is -2.50. The van der Waals surface area contributed by atoms with Crippen molar-refractivity contribution in [3.63, 3.8) is 0 Å². The Kier molecular flexibility index (Phi) is 4.73. The summed E-state index contributed by atoms with van der Waals surface area (Å²) < 4.78 is 7.92. The highest BCUT2D eigenvalue weighted by Crippen LogP contribution is 2.29. The van der Waals surface area contributed by atoms with Gasteiger partial charge in [0, 0.05) is 17.2 Å². The Balaban J connectivity index is 2.16. The molecule has 1 aliphatic heterocycles. The van der Waals surface area contributed by atoms with Gasteiger partial charge >= 0.3 is 5.97 Å². The molecule has 1 fully saturated rings. The first-order valence-electron chi connectivity index (χ1n) is 6.86. The number of nitrogens with zero attached hydrogens (tertiary/aromatic N) is 1. The molecule has 1 aliphatic rings. The number of carbonyl (C=O) groups is 2. The van der Waals surface area contributed by atoms with Crippen LogP contribution in [-0.4, -0.2) is 40.8 Å². The highest BCUT2D eigenvalue weighted by Gasteiger charge is 2.47. The van der Waals surface area contributed by atoms with E-state index in [-0.39, 0.29) is 19.1 Å². The van der Waals surface area contributed by atoms with Crippen LogP contribution in [0.25, 0.3) is 0 Å². The Labute approximate surface area is 131 Å². The summed E-state index contributed by atoms with van der Waals surface area (Å²) in [5, 5.41) is 12.1. The fourth-order valence-electron chi connectivity index (χ4n) is 2.41. The molecule has 21 heavy (non-hydrogen) atoms.